The van der Waals surface area contributed by atoms with Crippen LogP contribution in [0.1, 0.15) is 19.4 Å². The summed E-state index contributed by atoms with van der Waals surface area (Å²) in [5, 5.41) is 0. The van der Waals surface area contributed by atoms with Crippen molar-refractivity contribution in [3.8, 4) is 11.5 Å². The van der Waals surface area contributed by atoms with Gasteiger partial charge in [-0.1, -0.05) is 6.07 Å². The van der Waals surface area contributed by atoms with E-state index >= 15 is 0 Å². The predicted molar refractivity (Wildman–Crippen MR) is 121 cm³/mol. The summed E-state index contributed by atoms with van der Waals surface area (Å²) in [6.45, 7) is 4.83. The fraction of sp³-hybridized carbons (Fsp3) is 0.391. The minimum absolute atomic E-state index is 0.138. The second-order valence-corrected chi connectivity index (χ2v) is 7.20. The van der Waals surface area contributed by atoms with Crippen molar-refractivity contribution in [1.29, 1.82) is 0 Å². The first-order valence-corrected chi connectivity index (χ1v) is 10.5. The van der Waals surface area contributed by atoms with Gasteiger partial charge in [-0.15, -0.1) is 0 Å². The predicted octanol–water partition coefficient (Wildman–Crippen LogP) is 1.69. The van der Waals surface area contributed by atoms with Crippen molar-refractivity contribution in [2.75, 3.05) is 27.3 Å². The third kappa shape index (κ3) is 4.51. The first-order valence-electron chi connectivity index (χ1n) is 10.5. The Bertz CT molecular complexity index is 1230. The van der Waals surface area contributed by atoms with Gasteiger partial charge in [0, 0.05) is 25.8 Å². The molecule has 0 aliphatic rings. The first kappa shape index (κ1) is 23.1. The van der Waals surface area contributed by atoms with Gasteiger partial charge in [0.25, 0.3) is 5.56 Å². The molecule has 0 N–H and O–H groups in total. The Morgan fingerprint density at radius 1 is 1.03 bits per heavy atom. The van der Waals surface area contributed by atoms with Crippen molar-refractivity contribution in [2.45, 2.75) is 33.4 Å². The third-order valence-electron chi connectivity index (χ3n) is 5.47. The third-order valence-corrected chi connectivity index (χ3v) is 5.47. The van der Waals surface area contributed by atoms with Crippen molar-refractivity contribution in [3.63, 3.8) is 0 Å². The van der Waals surface area contributed by atoms with E-state index in [0.717, 1.165) is 10.1 Å². The van der Waals surface area contributed by atoms with Gasteiger partial charge in [0.15, 0.2) is 17.0 Å². The van der Waals surface area contributed by atoms with E-state index in [4.69, 9.17) is 9.47 Å². The number of hydrogen-bond donors (Lipinski definition) is 0. The van der Waals surface area contributed by atoms with E-state index in [-0.39, 0.29) is 24.5 Å². The molecule has 0 fully saturated rings. The number of aromatic nitrogens is 3. The van der Waals surface area contributed by atoms with E-state index < -0.39 is 11.2 Å². The molecule has 0 radical (unpaired) electrons. The number of hydrogen-bond acceptors (Lipinski definition) is 6. The molecule has 3 rings (SSSR count). The molecule has 1 amide bonds. The Kier molecular flexibility index (Phi) is 7.29. The molecule has 0 aliphatic heterocycles. The Morgan fingerprint density at radius 2 is 1.75 bits per heavy atom. The summed E-state index contributed by atoms with van der Waals surface area (Å²) in [6.07, 6.45) is 1.92. The average molecular weight is 441 g/mol. The van der Waals surface area contributed by atoms with E-state index in [9.17, 15) is 14.4 Å². The lowest BCUT2D eigenvalue weighted by Crippen LogP contribution is -2.44. The van der Waals surface area contributed by atoms with Crippen LogP contribution < -0.4 is 20.7 Å². The lowest BCUT2D eigenvalue weighted by molar-refractivity contribution is -0.131. The van der Waals surface area contributed by atoms with Crippen LogP contribution in [0.15, 0.2) is 46.1 Å². The fourth-order valence-corrected chi connectivity index (χ4v) is 3.68. The normalized spacial score (nSPS) is 10.9. The second-order valence-electron chi connectivity index (χ2n) is 7.20. The Morgan fingerprint density at radius 3 is 2.41 bits per heavy atom. The molecule has 0 saturated carbocycles. The van der Waals surface area contributed by atoms with Crippen molar-refractivity contribution in [1.82, 2.24) is 19.0 Å². The lowest BCUT2D eigenvalue weighted by Gasteiger charge is -2.20. The van der Waals surface area contributed by atoms with Gasteiger partial charge < -0.3 is 14.4 Å². The fourth-order valence-electron chi connectivity index (χ4n) is 3.68. The quantitative estimate of drug-likeness (QED) is 0.502. The van der Waals surface area contributed by atoms with Crippen LogP contribution in [0, 0.1) is 0 Å². The van der Waals surface area contributed by atoms with Crippen LogP contribution in [0.5, 0.6) is 11.5 Å². The molecule has 2 heterocycles. The summed E-state index contributed by atoms with van der Waals surface area (Å²) in [5.41, 5.74) is 0.382. The van der Waals surface area contributed by atoms with E-state index in [1.54, 1.807) is 37.3 Å². The van der Waals surface area contributed by atoms with E-state index in [1.165, 1.54) is 10.8 Å². The highest BCUT2D eigenvalue weighted by Gasteiger charge is 2.18. The molecular weight excluding hydrogens is 412 g/mol. The number of rotatable bonds is 9. The minimum Gasteiger partial charge on any atom is -0.493 e. The number of ether oxygens (including phenoxy) is 2. The highest BCUT2D eigenvalue weighted by atomic mass is 16.5. The van der Waals surface area contributed by atoms with Crippen LogP contribution in [0.4, 0.5) is 0 Å². The number of amides is 1. The van der Waals surface area contributed by atoms with Crippen LogP contribution in [-0.4, -0.2) is 52.2 Å². The molecular formula is C23H28N4O5. The molecule has 170 valence electrons. The summed E-state index contributed by atoms with van der Waals surface area (Å²) in [6, 6.07) is 8.73. The van der Waals surface area contributed by atoms with E-state index in [2.05, 4.69) is 4.98 Å². The van der Waals surface area contributed by atoms with Crippen molar-refractivity contribution >= 4 is 16.9 Å². The minimum atomic E-state index is -0.531. The highest BCUT2D eigenvalue weighted by Crippen LogP contribution is 2.27. The van der Waals surface area contributed by atoms with Gasteiger partial charge in [0.2, 0.25) is 5.91 Å². The van der Waals surface area contributed by atoms with Crippen LogP contribution in [0.25, 0.3) is 11.0 Å². The summed E-state index contributed by atoms with van der Waals surface area (Å²) in [5.74, 6) is 0.979. The smallest absolute Gasteiger partial charge is 0.332 e. The average Bonchev–Trinajstić information content (AvgIpc) is 2.82. The van der Waals surface area contributed by atoms with Gasteiger partial charge in [0.05, 0.1) is 19.7 Å². The van der Waals surface area contributed by atoms with E-state index in [0.29, 0.717) is 36.5 Å². The largest absolute Gasteiger partial charge is 0.493 e. The monoisotopic (exact) mass is 440 g/mol. The standard InChI is InChI=1S/C23H28N4O5/c1-5-25(6-2)20(28)15-27-17-8-7-12-24-21(17)22(29)26(23(27)30)13-11-16-9-10-18(31-3)19(14-16)32-4/h7-10,12,14H,5-6,11,13,15H2,1-4H3. The number of pyridine rings is 1. The highest BCUT2D eigenvalue weighted by molar-refractivity contribution is 5.79. The first-order chi connectivity index (χ1) is 15.4. The van der Waals surface area contributed by atoms with Crippen molar-refractivity contribution < 1.29 is 14.3 Å². The lowest BCUT2D eigenvalue weighted by atomic mass is 10.1. The van der Waals surface area contributed by atoms with Crippen molar-refractivity contribution in [2.24, 2.45) is 0 Å². The Labute approximate surface area is 185 Å². The van der Waals surface area contributed by atoms with Crippen LogP contribution >= 0.6 is 0 Å². The van der Waals surface area contributed by atoms with Gasteiger partial charge in [0.1, 0.15) is 6.54 Å². The number of carbonyl (C=O) groups is 1. The molecule has 0 aliphatic carbocycles. The Hall–Kier alpha value is -3.62. The zero-order valence-corrected chi connectivity index (χ0v) is 18.8. The Balaban J connectivity index is 2.01. The second kappa shape index (κ2) is 10.1. The maximum absolute atomic E-state index is 13.3. The van der Waals surface area contributed by atoms with Gasteiger partial charge in [-0.05, 0) is 50.1 Å². The number of benzene rings is 1. The number of nitrogens with zero attached hydrogens (tertiary/aromatic N) is 4. The van der Waals surface area contributed by atoms with Crippen LogP contribution in [0.3, 0.4) is 0 Å². The maximum Gasteiger partial charge on any atom is 0.332 e. The molecule has 9 heteroatoms. The molecule has 0 atom stereocenters. The molecule has 2 aromatic heterocycles. The maximum atomic E-state index is 13.3. The zero-order valence-electron chi connectivity index (χ0n) is 18.8. The van der Waals surface area contributed by atoms with Gasteiger partial charge in [-0.3, -0.25) is 18.7 Å². The number of methoxy groups -OCH3 is 2. The summed E-state index contributed by atoms with van der Waals surface area (Å²) >= 11 is 0. The van der Waals surface area contributed by atoms with Crippen LogP contribution in [-0.2, 0) is 24.3 Å². The van der Waals surface area contributed by atoms with Gasteiger partial charge in [-0.25, -0.2) is 9.78 Å². The number of aryl methyl sites for hydroxylation is 1. The van der Waals surface area contributed by atoms with Gasteiger partial charge in [-0.2, -0.15) is 0 Å². The zero-order chi connectivity index (χ0) is 23.3. The molecule has 32 heavy (non-hydrogen) atoms. The van der Waals surface area contributed by atoms with Gasteiger partial charge >= 0.3 is 5.69 Å². The molecule has 1 aromatic carbocycles. The molecule has 0 spiro atoms. The number of carbonyl (C=O) groups excluding carboxylic acids is 1. The molecule has 9 nitrogen and oxygen atoms in total. The van der Waals surface area contributed by atoms with Crippen molar-refractivity contribution in [3.05, 3.63) is 62.9 Å². The molecule has 0 unspecified atom stereocenters. The molecule has 0 saturated heterocycles. The summed E-state index contributed by atoms with van der Waals surface area (Å²) in [4.78, 5) is 44.8. The SMILES string of the molecule is CCN(CC)C(=O)Cn1c(=O)n(CCc2ccc(OC)c(OC)c2)c(=O)c2ncccc21. The van der Waals surface area contributed by atoms with E-state index in [1.807, 2.05) is 26.0 Å². The molecule has 3 aromatic rings. The topological polar surface area (TPSA) is 95.7 Å². The molecule has 0 bridgehead atoms. The number of fused-ring (bicyclic) bond motifs is 1. The number of likely N-dealkylation sites (N-methyl/N-ethyl adjacent to an activating group) is 1. The summed E-state index contributed by atoms with van der Waals surface area (Å²) in [7, 11) is 3.10. The summed E-state index contributed by atoms with van der Waals surface area (Å²) < 4.78 is 13.1. The van der Waals surface area contributed by atoms with Crippen LogP contribution in [0.2, 0.25) is 0 Å².